The maximum absolute atomic E-state index is 9.34. The molecule has 1 atom stereocenters. The molecule has 0 amide bonds. The van der Waals surface area contributed by atoms with Gasteiger partial charge in [0.15, 0.2) is 0 Å². The van der Waals surface area contributed by atoms with Crippen molar-refractivity contribution in [1.29, 1.82) is 5.26 Å². The minimum Gasteiger partial charge on any atom is -0.371 e. The molecular weight excluding hydrogens is 246 g/mol. The summed E-state index contributed by atoms with van der Waals surface area (Å²) in [6, 6.07) is 11.1. The molecule has 1 unspecified atom stereocenters. The van der Waals surface area contributed by atoms with Crippen LogP contribution < -0.4 is 10.2 Å². The van der Waals surface area contributed by atoms with Gasteiger partial charge in [-0.15, -0.1) is 0 Å². The monoisotopic (exact) mass is 271 g/mol. The Bertz CT molecular complexity index is 477. The Labute approximate surface area is 122 Å². The number of benzene rings is 1. The Hall–Kier alpha value is -1.53. The van der Waals surface area contributed by atoms with E-state index in [1.54, 1.807) is 0 Å². The molecule has 1 aliphatic rings. The van der Waals surface area contributed by atoms with Gasteiger partial charge in [0.05, 0.1) is 6.07 Å². The molecule has 0 aliphatic carbocycles. The van der Waals surface area contributed by atoms with Crippen molar-refractivity contribution in [3.63, 3.8) is 0 Å². The van der Waals surface area contributed by atoms with Gasteiger partial charge in [0, 0.05) is 18.8 Å². The van der Waals surface area contributed by atoms with E-state index < -0.39 is 0 Å². The molecule has 0 aromatic heterocycles. The van der Waals surface area contributed by atoms with Gasteiger partial charge in [-0.3, -0.25) is 5.32 Å². The fourth-order valence-corrected chi connectivity index (χ4v) is 2.85. The molecule has 1 aromatic carbocycles. The summed E-state index contributed by atoms with van der Waals surface area (Å²) in [5.41, 5.74) is 2.46. The van der Waals surface area contributed by atoms with Crippen molar-refractivity contribution in [3.8, 4) is 6.07 Å². The average Bonchev–Trinajstić information content (AvgIpc) is 2.89. The molecule has 1 aromatic rings. The van der Waals surface area contributed by atoms with Crippen LogP contribution >= 0.6 is 0 Å². The Morgan fingerprint density at radius 1 is 1.40 bits per heavy atom. The van der Waals surface area contributed by atoms with Gasteiger partial charge in [0.1, 0.15) is 5.54 Å². The summed E-state index contributed by atoms with van der Waals surface area (Å²) < 4.78 is 0. The van der Waals surface area contributed by atoms with Crippen molar-refractivity contribution in [2.24, 2.45) is 0 Å². The zero-order valence-corrected chi connectivity index (χ0v) is 12.7. The summed E-state index contributed by atoms with van der Waals surface area (Å²) >= 11 is 0. The van der Waals surface area contributed by atoms with E-state index in [0.717, 1.165) is 45.3 Å². The first-order valence-electron chi connectivity index (χ1n) is 7.67. The highest BCUT2D eigenvalue weighted by Gasteiger charge is 2.23. The zero-order valence-electron chi connectivity index (χ0n) is 12.7. The van der Waals surface area contributed by atoms with Crippen LogP contribution in [0.15, 0.2) is 24.3 Å². The number of nitrogens with one attached hydrogen (secondary N) is 1. The predicted molar refractivity (Wildman–Crippen MR) is 83.9 cm³/mol. The molecule has 3 heteroatoms. The molecule has 20 heavy (non-hydrogen) atoms. The number of nitrogens with zero attached hydrogens (tertiary/aromatic N) is 2. The number of hydrogen-bond donors (Lipinski definition) is 1. The van der Waals surface area contributed by atoms with Gasteiger partial charge in [-0.1, -0.05) is 25.1 Å². The molecule has 0 fully saturated rings. The van der Waals surface area contributed by atoms with Crippen LogP contribution in [0.3, 0.4) is 0 Å². The third-order valence-electron chi connectivity index (χ3n) is 4.10. The lowest BCUT2D eigenvalue weighted by Crippen LogP contribution is -2.42. The minimum atomic E-state index is -0.380. The second-order valence-electron chi connectivity index (χ2n) is 5.84. The molecule has 0 saturated carbocycles. The fraction of sp³-hybridized carbons (Fsp3) is 0.588. The van der Waals surface area contributed by atoms with E-state index in [2.05, 4.69) is 47.5 Å². The first-order valence-corrected chi connectivity index (χ1v) is 7.67. The highest BCUT2D eigenvalue weighted by atomic mass is 15.1. The van der Waals surface area contributed by atoms with Gasteiger partial charge in [0.2, 0.25) is 0 Å². The maximum atomic E-state index is 9.34. The summed E-state index contributed by atoms with van der Waals surface area (Å²) in [6.45, 7) is 7.22. The van der Waals surface area contributed by atoms with Crippen LogP contribution in [-0.2, 0) is 6.42 Å². The summed E-state index contributed by atoms with van der Waals surface area (Å²) in [5.74, 6) is 0. The number of anilines is 1. The molecule has 1 N–H and O–H groups in total. The van der Waals surface area contributed by atoms with Gasteiger partial charge >= 0.3 is 0 Å². The Kier molecular flexibility index (Phi) is 5.03. The number of rotatable bonds is 7. The normalized spacial score (nSPS) is 16.6. The van der Waals surface area contributed by atoms with E-state index in [9.17, 15) is 5.26 Å². The Balaban J connectivity index is 1.83. The summed E-state index contributed by atoms with van der Waals surface area (Å²) in [5, 5.41) is 12.7. The molecule has 108 valence electrons. The molecule has 0 bridgehead atoms. The van der Waals surface area contributed by atoms with Crippen LogP contribution in [-0.4, -0.2) is 25.2 Å². The first-order chi connectivity index (χ1) is 9.68. The molecule has 1 aliphatic heterocycles. The van der Waals surface area contributed by atoms with Crippen molar-refractivity contribution in [2.45, 2.75) is 45.1 Å². The lowest BCUT2D eigenvalue weighted by Gasteiger charge is -2.25. The quantitative estimate of drug-likeness (QED) is 0.828. The Morgan fingerprint density at radius 2 is 2.20 bits per heavy atom. The van der Waals surface area contributed by atoms with Crippen LogP contribution in [0.2, 0.25) is 0 Å². The van der Waals surface area contributed by atoms with Crippen molar-refractivity contribution >= 4 is 5.69 Å². The van der Waals surface area contributed by atoms with E-state index >= 15 is 0 Å². The molecule has 0 spiro atoms. The summed E-state index contributed by atoms with van der Waals surface area (Å²) in [4.78, 5) is 2.45. The molecule has 0 saturated heterocycles. The van der Waals surface area contributed by atoms with E-state index in [1.165, 1.54) is 11.3 Å². The lowest BCUT2D eigenvalue weighted by molar-refractivity contribution is 0.408. The van der Waals surface area contributed by atoms with Crippen LogP contribution in [0.5, 0.6) is 0 Å². The highest BCUT2D eigenvalue weighted by molar-refractivity contribution is 5.57. The molecular formula is C17H25N3. The van der Waals surface area contributed by atoms with Crippen LogP contribution in [0, 0.1) is 11.3 Å². The lowest BCUT2D eigenvalue weighted by atomic mass is 9.97. The van der Waals surface area contributed by atoms with Crippen molar-refractivity contribution in [3.05, 3.63) is 29.8 Å². The van der Waals surface area contributed by atoms with Gasteiger partial charge < -0.3 is 4.90 Å². The largest absolute Gasteiger partial charge is 0.371 e. The second kappa shape index (κ2) is 6.76. The van der Waals surface area contributed by atoms with Crippen molar-refractivity contribution in [2.75, 3.05) is 24.5 Å². The van der Waals surface area contributed by atoms with E-state index in [0.29, 0.717) is 0 Å². The smallest absolute Gasteiger partial charge is 0.103 e. The number of nitriles is 1. The van der Waals surface area contributed by atoms with Crippen LogP contribution in [0.4, 0.5) is 5.69 Å². The third-order valence-corrected chi connectivity index (χ3v) is 4.10. The van der Waals surface area contributed by atoms with Crippen LogP contribution in [0.1, 0.15) is 38.7 Å². The molecule has 0 radical (unpaired) electrons. The average molecular weight is 271 g/mol. The topological polar surface area (TPSA) is 39.1 Å². The minimum absolute atomic E-state index is 0.380. The van der Waals surface area contributed by atoms with Crippen LogP contribution in [0.25, 0.3) is 0 Å². The van der Waals surface area contributed by atoms with Gasteiger partial charge in [-0.25, -0.2) is 0 Å². The Morgan fingerprint density at radius 3 is 2.95 bits per heavy atom. The molecule has 3 nitrogen and oxygen atoms in total. The standard InChI is InChI=1S/C17H25N3/c1-3-11-19-17(2,14-18)10-6-12-20-13-9-15-7-4-5-8-16(15)20/h4-5,7-8,19H,3,6,9-13H2,1-2H3. The van der Waals surface area contributed by atoms with E-state index in [1.807, 2.05) is 6.92 Å². The third kappa shape index (κ3) is 3.52. The van der Waals surface area contributed by atoms with E-state index in [-0.39, 0.29) is 5.54 Å². The van der Waals surface area contributed by atoms with Crippen molar-refractivity contribution in [1.82, 2.24) is 5.32 Å². The van der Waals surface area contributed by atoms with Gasteiger partial charge in [-0.05, 0) is 50.8 Å². The maximum Gasteiger partial charge on any atom is 0.103 e. The number of hydrogen-bond acceptors (Lipinski definition) is 3. The fourth-order valence-electron chi connectivity index (χ4n) is 2.85. The SMILES string of the molecule is CCCNC(C)(C#N)CCCN1CCc2ccccc21. The van der Waals surface area contributed by atoms with Gasteiger partial charge in [-0.2, -0.15) is 5.26 Å². The molecule has 1 heterocycles. The summed E-state index contributed by atoms with van der Waals surface area (Å²) in [7, 11) is 0. The molecule has 2 rings (SSSR count). The van der Waals surface area contributed by atoms with Crippen molar-refractivity contribution < 1.29 is 0 Å². The highest BCUT2D eigenvalue weighted by Crippen LogP contribution is 2.27. The second-order valence-corrected chi connectivity index (χ2v) is 5.84. The van der Waals surface area contributed by atoms with E-state index in [4.69, 9.17) is 0 Å². The zero-order chi connectivity index (χ0) is 14.4. The van der Waals surface area contributed by atoms with Gasteiger partial charge in [0.25, 0.3) is 0 Å². The summed E-state index contributed by atoms with van der Waals surface area (Å²) in [6.07, 6.45) is 4.17. The number of para-hydroxylation sites is 1. The first kappa shape index (κ1) is 14.9. The predicted octanol–water partition coefficient (Wildman–Crippen LogP) is 3.11. The number of fused-ring (bicyclic) bond motifs is 1.